The molecule has 27 heteroatoms. The Balaban J connectivity index is 3.08. The van der Waals surface area contributed by atoms with E-state index in [0.29, 0.717) is 337 Å². The second-order valence-electron chi connectivity index (χ2n) is 16.0. The molecular weight excluding hydrogens is 1070 g/mol. The third kappa shape index (κ3) is 76.9. The molecule has 0 atom stereocenters. The van der Waals surface area contributed by atoms with Crippen molar-refractivity contribution in [3.8, 4) is 0 Å². The predicted molar refractivity (Wildman–Crippen MR) is 289 cm³/mol. The van der Waals surface area contributed by atoms with Crippen molar-refractivity contribution in [1.82, 2.24) is 0 Å². The Hall–Kier alpha value is -1.08. The van der Waals surface area contributed by atoms with Crippen LogP contribution in [0.15, 0.2) is 0 Å². The molecule has 0 spiro atoms. The molecule has 0 heterocycles. The van der Waals surface area contributed by atoms with Gasteiger partial charge in [0.1, 0.15) is 0 Å². The molecule has 0 aliphatic rings. The van der Waals surface area contributed by atoms with Gasteiger partial charge in [-0.3, -0.25) is 0 Å². The Morgan fingerprint density at radius 3 is 0.275 bits per heavy atom. The van der Waals surface area contributed by atoms with Crippen LogP contribution in [-0.2, 0) is 123 Å². The largest absolute Gasteiger partial charge is 0.394 e. The predicted octanol–water partition coefficient (Wildman–Crippen LogP) is 0.0401. The van der Waals surface area contributed by atoms with Gasteiger partial charge in [-0.05, 0) is 0 Å². The third-order valence-electron chi connectivity index (χ3n) is 9.60. The lowest BCUT2D eigenvalue weighted by molar-refractivity contribution is -0.0322. The first-order valence-electron chi connectivity index (χ1n) is 28.4. The first-order valence-corrected chi connectivity index (χ1v) is 28.4. The van der Waals surface area contributed by atoms with E-state index in [4.69, 9.17) is 128 Å². The maximum atomic E-state index is 8.61. The fourth-order valence-corrected chi connectivity index (χ4v) is 5.59. The minimum atomic E-state index is 0.0178. The first-order chi connectivity index (χ1) is 39.9. The van der Waals surface area contributed by atoms with Crippen LogP contribution in [0.3, 0.4) is 0 Å². The van der Waals surface area contributed by atoms with Gasteiger partial charge >= 0.3 is 0 Å². The van der Waals surface area contributed by atoms with Gasteiger partial charge in [0.25, 0.3) is 0 Å². The Morgan fingerprint density at radius 2 is 0.200 bits per heavy atom. The van der Waals surface area contributed by atoms with E-state index in [2.05, 4.69) is 0 Å². The van der Waals surface area contributed by atoms with Crippen molar-refractivity contribution in [3.05, 3.63) is 0 Å². The average molecular weight is 1180 g/mol. The molecule has 0 radical (unpaired) electrons. The summed E-state index contributed by atoms with van der Waals surface area (Å²) in [6.45, 7) is 25.2. The highest BCUT2D eigenvalue weighted by atomic mass is 16.6. The minimum absolute atomic E-state index is 0.0178. The molecule has 0 aromatic rings. The lowest BCUT2D eigenvalue weighted by Gasteiger charge is -2.09. The van der Waals surface area contributed by atoms with Gasteiger partial charge in [0.2, 0.25) is 0 Å². The van der Waals surface area contributed by atoms with Gasteiger partial charge in [-0.25, -0.2) is 0 Å². The second-order valence-corrected chi connectivity index (χ2v) is 16.0. The summed E-state index contributed by atoms with van der Waals surface area (Å²) in [6.07, 6.45) is 0. The van der Waals surface area contributed by atoms with Crippen molar-refractivity contribution in [2.45, 2.75) is 0 Å². The van der Waals surface area contributed by atoms with E-state index in [0.717, 1.165) is 0 Å². The Kier molecular flexibility index (Phi) is 76.9. The van der Waals surface area contributed by atoms with Crippen molar-refractivity contribution < 1.29 is 128 Å². The van der Waals surface area contributed by atoms with Crippen LogP contribution in [0.1, 0.15) is 0 Å². The molecule has 0 aliphatic carbocycles. The van der Waals surface area contributed by atoms with Crippen LogP contribution in [0.4, 0.5) is 0 Å². The Bertz CT molecular complexity index is 976. The summed E-state index contributed by atoms with van der Waals surface area (Å²) in [5.74, 6) is 0. The topological polar surface area (TPSA) is 260 Å². The third-order valence-corrected chi connectivity index (χ3v) is 9.60. The lowest BCUT2D eigenvalue weighted by Crippen LogP contribution is -2.16. The number of aliphatic hydroxyl groups is 1. The molecule has 0 saturated carbocycles. The maximum absolute atomic E-state index is 8.61. The molecule has 1 N–H and O–H groups in total. The van der Waals surface area contributed by atoms with Gasteiger partial charge in [0, 0.05) is 7.11 Å². The van der Waals surface area contributed by atoms with Gasteiger partial charge in [0.15, 0.2) is 0 Å². The summed E-state index contributed by atoms with van der Waals surface area (Å²) < 4.78 is 142. The summed E-state index contributed by atoms with van der Waals surface area (Å²) in [4.78, 5) is 0. The fourth-order valence-electron chi connectivity index (χ4n) is 5.59. The smallest absolute Gasteiger partial charge is 0.0701 e. The molecule has 482 valence electrons. The standard InChI is InChI=1S/C53H108O27/c1-55-4-5-57-8-9-59-12-13-61-16-17-63-20-21-65-24-25-67-28-29-69-32-33-71-36-37-73-40-41-75-44-45-77-48-49-79-52-53-80-51-50-78-47-46-76-43-42-74-39-38-72-35-34-70-31-30-68-27-26-66-23-22-64-19-18-62-15-14-60-11-10-58-7-6-56-3-2-54/h54H,2-53H2,1H3. The summed E-state index contributed by atoms with van der Waals surface area (Å²) in [5.41, 5.74) is 0. The molecule has 0 aliphatic heterocycles. The highest BCUT2D eigenvalue weighted by molar-refractivity contribution is 4.43. The summed E-state index contributed by atoms with van der Waals surface area (Å²) in [7, 11) is 1.64. The Morgan fingerprint density at radius 1 is 0.125 bits per heavy atom. The number of ether oxygens (including phenoxy) is 26. The van der Waals surface area contributed by atoms with E-state index >= 15 is 0 Å². The number of rotatable bonds is 77. The zero-order valence-electron chi connectivity index (χ0n) is 48.8. The number of hydrogen-bond acceptors (Lipinski definition) is 27. The first kappa shape index (κ1) is 78.9. The number of hydrogen-bond donors (Lipinski definition) is 1. The van der Waals surface area contributed by atoms with Crippen LogP contribution in [0, 0.1) is 0 Å². The van der Waals surface area contributed by atoms with Gasteiger partial charge in [-0.1, -0.05) is 0 Å². The zero-order valence-corrected chi connectivity index (χ0v) is 48.8. The van der Waals surface area contributed by atoms with Gasteiger partial charge in [-0.15, -0.1) is 0 Å². The fraction of sp³-hybridized carbons (Fsp3) is 1.00. The molecule has 0 fully saturated rings. The molecule has 0 saturated heterocycles. The molecule has 0 rings (SSSR count). The van der Waals surface area contributed by atoms with Crippen LogP contribution in [-0.4, -0.2) is 356 Å². The molecule has 0 bridgehead atoms. The van der Waals surface area contributed by atoms with Gasteiger partial charge in [-0.2, -0.15) is 0 Å². The molecule has 0 amide bonds. The average Bonchev–Trinajstić information content (AvgIpc) is 3.47. The quantitative estimate of drug-likeness (QED) is 0.0789. The van der Waals surface area contributed by atoms with Crippen molar-refractivity contribution in [3.63, 3.8) is 0 Å². The minimum Gasteiger partial charge on any atom is -0.394 e. The van der Waals surface area contributed by atoms with Gasteiger partial charge in [0.05, 0.1) is 344 Å². The van der Waals surface area contributed by atoms with Gasteiger partial charge < -0.3 is 128 Å². The normalized spacial score (nSPS) is 11.8. The van der Waals surface area contributed by atoms with E-state index in [1.807, 2.05) is 0 Å². The highest BCUT2D eigenvalue weighted by Gasteiger charge is 2.01. The lowest BCUT2D eigenvalue weighted by atomic mass is 10.6. The molecule has 27 nitrogen and oxygen atoms in total. The second kappa shape index (κ2) is 77.9. The van der Waals surface area contributed by atoms with Crippen molar-refractivity contribution in [2.75, 3.05) is 351 Å². The van der Waals surface area contributed by atoms with Crippen LogP contribution in [0.5, 0.6) is 0 Å². The summed E-state index contributed by atoms with van der Waals surface area (Å²) >= 11 is 0. The van der Waals surface area contributed by atoms with E-state index in [9.17, 15) is 0 Å². The number of methoxy groups -OCH3 is 1. The number of aliphatic hydroxyl groups excluding tert-OH is 1. The molecular formula is C53H108O27. The van der Waals surface area contributed by atoms with Crippen molar-refractivity contribution in [1.29, 1.82) is 0 Å². The zero-order chi connectivity index (χ0) is 57.2. The molecule has 80 heavy (non-hydrogen) atoms. The van der Waals surface area contributed by atoms with E-state index in [-0.39, 0.29) is 6.61 Å². The molecule has 0 aromatic carbocycles. The monoisotopic (exact) mass is 1180 g/mol. The summed E-state index contributed by atoms with van der Waals surface area (Å²) in [5, 5.41) is 8.61. The molecule has 0 aromatic heterocycles. The van der Waals surface area contributed by atoms with E-state index < -0.39 is 0 Å². The highest BCUT2D eigenvalue weighted by Crippen LogP contribution is 1.91. The SMILES string of the molecule is COCCOCCOCCOCCOCCOCCOCCOCCOCCOCCOCCOCCOCCOCCOCCOCCOCCOCCOCCOCCOCCOCCOCCOCCOCCOCCO. The van der Waals surface area contributed by atoms with Crippen molar-refractivity contribution >= 4 is 0 Å². The molecule has 0 unspecified atom stereocenters. The maximum Gasteiger partial charge on any atom is 0.0701 e. The Labute approximate surface area is 477 Å². The van der Waals surface area contributed by atoms with Crippen LogP contribution >= 0.6 is 0 Å². The van der Waals surface area contributed by atoms with Crippen LogP contribution in [0.25, 0.3) is 0 Å². The van der Waals surface area contributed by atoms with Crippen molar-refractivity contribution in [2.24, 2.45) is 0 Å². The van der Waals surface area contributed by atoms with Crippen LogP contribution < -0.4 is 0 Å². The summed E-state index contributed by atoms with van der Waals surface area (Å²) in [6, 6.07) is 0. The van der Waals surface area contributed by atoms with Crippen LogP contribution in [0.2, 0.25) is 0 Å². The van der Waals surface area contributed by atoms with E-state index in [1.54, 1.807) is 7.11 Å². The van der Waals surface area contributed by atoms with E-state index in [1.165, 1.54) is 0 Å².